The van der Waals surface area contributed by atoms with E-state index in [0.29, 0.717) is 17.0 Å². The van der Waals surface area contributed by atoms with Crippen LogP contribution in [0.5, 0.6) is 5.75 Å². The molecule has 0 aliphatic rings. The fourth-order valence-corrected chi connectivity index (χ4v) is 2.33. The molecular formula is C15H20N2O2. The summed E-state index contributed by atoms with van der Waals surface area (Å²) in [5.74, 6) is 0.592. The van der Waals surface area contributed by atoms with E-state index in [1.165, 1.54) is 0 Å². The maximum atomic E-state index is 12.1. The van der Waals surface area contributed by atoms with E-state index < -0.39 is 0 Å². The normalized spacial score (nSPS) is 12.8. The molecule has 2 aromatic rings. The van der Waals surface area contributed by atoms with E-state index in [9.17, 15) is 9.90 Å². The lowest BCUT2D eigenvalue weighted by molar-refractivity contribution is 0.0932. The first-order valence-electron chi connectivity index (χ1n) is 6.59. The highest BCUT2D eigenvalue weighted by molar-refractivity contribution is 5.99. The first kappa shape index (κ1) is 13.5. The van der Waals surface area contributed by atoms with Gasteiger partial charge in [-0.15, -0.1) is 0 Å². The topological polar surface area (TPSA) is 65.1 Å². The summed E-state index contributed by atoms with van der Waals surface area (Å²) in [5, 5.41) is 13.3. The molecule has 2 rings (SSSR count). The summed E-state index contributed by atoms with van der Waals surface area (Å²) in [6.45, 7) is 6.26. The van der Waals surface area contributed by atoms with Gasteiger partial charge in [-0.2, -0.15) is 0 Å². The number of fused-ring (bicyclic) bond motifs is 1. The minimum atomic E-state index is -0.135. The van der Waals surface area contributed by atoms with Gasteiger partial charge in [-0.1, -0.05) is 19.9 Å². The van der Waals surface area contributed by atoms with Crippen molar-refractivity contribution in [3.8, 4) is 5.75 Å². The largest absolute Gasteiger partial charge is 0.507 e. The molecule has 0 saturated heterocycles. The zero-order valence-electron chi connectivity index (χ0n) is 11.5. The third kappa shape index (κ3) is 3.08. The van der Waals surface area contributed by atoms with Gasteiger partial charge in [0.25, 0.3) is 5.91 Å². The Labute approximate surface area is 112 Å². The van der Waals surface area contributed by atoms with Crippen LogP contribution in [0.4, 0.5) is 0 Å². The molecule has 0 radical (unpaired) electrons. The molecule has 19 heavy (non-hydrogen) atoms. The van der Waals surface area contributed by atoms with Crippen LogP contribution in [0.3, 0.4) is 0 Å². The number of aromatic nitrogens is 1. The molecule has 0 saturated carbocycles. The molecule has 1 aromatic heterocycles. The number of carbonyl (C=O) groups excluding carboxylic acids is 1. The standard InChI is InChI=1S/C15H20N2O2/c1-9(2)7-10(3)16-15(19)13-8-11-12(17-13)5-4-6-14(11)18/h4-6,8-10,17-18H,7H2,1-3H3,(H,16,19). The number of hydrogen-bond acceptors (Lipinski definition) is 2. The molecule has 0 fully saturated rings. The van der Waals surface area contributed by atoms with Crippen LogP contribution >= 0.6 is 0 Å². The maximum absolute atomic E-state index is 12.1. The number of benzene rings is 1. The van der Waals surface area contributed by atoms with Crippen LogP contribution in [-0.2, 0) is 0 Å². The Morgan fingerprint density at radius 1 is 1.37 bits per heavy atom. The van der Waals surface area contributed by atoms with Crippen molar-refractivity contribution in [3.63, 3.8) is 0 Å². The van der Waals surface area contributed by atoms with Crippen LogP contribution in [0.2, 0.25) is 0 Å². The molecule has 0 aliphatic carbocycles. The number of aromatic amines is 1. The fraction of sp³-hybridized carbons (Fsp3) is 0.400. The molecule has 4 nitrogen and oxygen atoms in total. The summed E-state index contributed by atoms with van der Waals surface area (Å²) in [5.41, 5.74) is 1.24. The summed E-state index contributed by atoms with van der Waals surface area (Å²) in [7, 11) is 0. The second-order valence-electron chi connectivity index (χ2n) is 5.43. The lowest BCUT2D eigenvalue weighted by Gasteiger charge is -2.15. The van der Waals surface area contributed by atoms with E-state index in [0.717, 1.165) is 11.9 Å². The smallest absolute Gasteiger partial charge is 0.267 e. The van der Waals surface area contributed by atoms with Crippen LogP contribution in [0.1, 0.15) is 37.7 Å². The number of aromatic hydroxyl groups is 1. The van der Waals surface area contributed by atoms with Crippen molar-refractivity contribution < 1.29 is 9.90 Å². The Kier molecular flexibility index (Phi) is 3.79. The van der Waals surface area contributed by atoms with Crippen molar-refractivity contribution in [1.82, 2.24) is 10.3 Å². The van der Waals surface area contributed by atoms with Crippen LogP contribution in [0.15, 0.2) is 24.3 Å². The number of hydrogen-bond donors (Lipinski definition) is 3. The molecule has 1 aromatic carbocycles. The average Bonchev–Trinajstić information content (AvgIpc) is 2.73. The Bertz CT molecular complexity index is 587. The molecule has 0 bridgehead atoms. The number of phenolic OH excluding ortho intramolecular Hbond substituents is 1. The summed E-state index contributed by atoms with van der Waals surface area (Å²) < 4.78 is 0. The van der Waals surface area contributed by atoms with E-state index in [1.54, 1.807) is 18.2 Å². The van der Waals surface area contributed by atoms with Crippen molar-refractivity contribution in [3.05, 3.63) is 30.0 Å². The van der Waals surface area contributed by atoms with Gasteiger partial charge in [0.2, 0.25) is 0 Å². The van der Waals surface area contributed by atoms with Gasteiger partial charge in [-0.05, 0) is 37.5 Å². The van der Waals surface area contributed by atoms with Crippen LogP contribution < -0.4 is 5.32 Å². The molecule has 102 valence electrons. The predicted molar refractivity (Wildman–Crippen MR) is 76.3 cm³/mol. The Balaban J connectivity index is 2.15. The average molecular weight is 260 g/mol. The highest BCUT2D eigenvalue weighted by Gasteiger charge is 2.14. The molecule has 0 aliphatic heterocycles. The maximum Gasteiger partial charge on any atom is 0.267 e. The van der Waals surface area contributed by atoms with Gasteiger partial charge >= 0.3 is 0 Å². The summed E-state index contributed by atoms with van der Waals surface area (Å²) in [4.78, 5) is 15.1. The van der Waals surface area contributed by atoms with Gasteiger partial charge in [0.05, 0.1) is 0 Å². The molecule has 0 spiro atoms. The molecule has 3 N–H and O–H groups in total. The van der Waals surface area contributed by atoms with Crippen molar-refractivity contribution in [1.29, 1.82) is 0 Å². The quantitative estimate of drug-likeness (QED) is 0.791. The van der Waals surface area contributed by atoms with Gasteiger partial charge in [0.1, 0.15) is 11.4 Å². The van der Waals surface area contributed by atoms with E-state index in [4.69, 9.17) is 0 Å². The highest BCUT2D eigenvalue weighted by atomic mass is 16.3. The van der Waals surface area contributed by atoms with E-state index in [1.807, 2.05) is 13.0 Å². The third-order valence-corrected chi connectivity index (χ3v) is 3.09. The molecule has 1 heterocycles. The second kappa shape index (κ2) is 5.34. The summed E-state index contributed by atoms with van der Waals surface area (Å²) in [6, 6.07) is 7.01. The first-order valence-corrected chi connectivity index (χ1v) is 6.59. The monoisotopic (exact) mass is 260 g/mol. The summed E-state index contributed by atoms with van der Waals surface area (Å²) in [6.07, 6.45) is 0.942. The Morgan fingerprint density at radius 3 is 2.74 bits per heavy atom. The zero-order valence-corrected chi connectivity index (χ0v) is 11.5. The SMILES string of the molecule is CC(C)CC(C)NC(=O)c1cc2c(O)cccc2[nH]1. The lowest BCUT2D eigenvalue weighted by atomic mass is 10.1. The van der Waals surface area contributed by atoms with Crippen LogP contribution in [0, 0.1) is 5.92 Å². The van der Waals surface area contributed by atoms with Crippen molar-refractivity contribution >= 4 is 16.8 Å². The Hall–Kier alpha value is -1.97. The number of carbonyl (C=O) groups is 1. The van der Waals surface area contributed by atoms with Crippen molar-refractivity contribution in [2.45, 2.75) is 33.2 Å². The predicted octanol–water partition coefficient (Wildman–Crippen LogP) is 3.04. The van der Waals surface area contributed by atoms with Gasteiger partial charge < -0.3 is 15.4 Å². The first-order chi connectivity index (χ1) is 8.97. The van der Waals surface area contributed by atoms with Gasteiger partial charge in [-0.25, -0.2) is 0 Å². The minimum Gasteiger partial charge on any atom is -0.507 e. The number of rotatable bonds is 4. The van der Waals surface area contributed by atoms with Crippen LogP contribution in [-0.4, -0.2) is 22.0 Å². The van der Waals surface area contributed by atoms with Gasteiger partial charge in [0, 0.05) is 16.9 Å². The molecule has 1 atom stereocenters. The minimum absolute atomic E-state index is 0.132. The van der Waals surface area contributed by atoms with E-state index in [-0.39, 0.29) is 17.7 Å². The molecule has 1 unspecified atom stereocenters. The third-order valence-electron chi connectivity index (χ3n) is 3.09. The molecule has 1 amide bonds. The van der Waals surface area contributed by atoms with Gasteiger partial charge in [-0.3, -0.25) is 4.79 Å². The van der Waals surface area contributed by atoms with Crippen molar-refractivity contribution in [2.24, 2.45) is 5.92 Å². The Morgan fingerprint density at radius 2 is 2.11 bits per heavy atom. The number of H-pyrrole nitrogens is 1. The molecular weight excluding hydrogens is 240 g/mol. The summed E-state index contributed by atoms with van der Waals surface area (Å²) >= 11 is 0. The zero-order chi connectivity index (χ0) is 14.0. The van der Waals surface area contributed by atoms with Crippen molar-refractivity contribution in [2.75, 3.05) is 0 Å². The molecule has 4 heteroatoms. The fourth-order valence-electron chi connectivity index (χ4n) is 2.33. The lowest BCUT2D eigenvalue weighted by Crippen LogP contribution is -2.33. The second-order valence-corrected chi connectivity index (χ2v) is 5.43. The highest BCUT2D eigenvalue weighted by Crippen LogP contribution is 2.24. The van der Waals surface area contributed by atoms with E-state index >= 15 is 0 Å². The van der Waals surface area contributed by atoms with Gasteiger partial charge in [0.15, 0.2) is 0 Å². The number of phenols is 1. The number of amides is 1. The van der Waals surface area contributed by atoms with Crippen LogP contribution in [0.25, 0.3) is 10.9 Å². The van der Waals surface area contributed by atoms with E-state index in [2.05, 4.69) is 24.1 Å². The number of nitrogens with one attached hydrogen (secondary N) is 2.